The van der Waals surface area contributed by atoms with Crippen LogP contribution in [0.2, 0.25) is 0 Å². The third-order valence-electron chi connectivity index (χ3n) is 4.55. The van der Waals surface area contributed by atoms with E-state index in [1.165, 1.54) is 13.8 Å². The number of hydrogen-bond donors (Lipinski definition) is 2. The molecule has 4 aromatic rings. The molecule has 0 radical (unpaired) electrons. The fourth-order valence-electron chi connectivity index (χ4n) is 3.26. The van der Waals surface area contributed by atoms with Crippen LogP contribution in [0.15, 0.2) is 79.8 Å². The maximum Gasteiger partial charge on any atom is 0.221 e. The molecule has 0 saturated heterocycles. The first kappa shape index (κ1) is 23.5. The Kier molecular flexibility index (Phi) is 8.13. The van der Waals surface area contributed by atoms with Gasteiger partial charge in [-0.1, -0.05) is 24.3 Å². The number of rotatable bonds is 6. The lowest BCUT2D eigenvalue weighted by atomic mass is 10.2. The first-order valence-electron chi connectivity index (χ1n) is 10.5. The number of benzene rings is 2. The molecule has 8 nitrogen and oxygen atoms in total. The van der Waals surface area contributed by atoms with E-state index >= 15 is 0 Å². The van der Waals surface area contributed by atoms with Crippen molar-refractivity contribution >= 4 is 23.2 Å². The third-order valence-corrected chi connectivity index (χ3v) is 4.55. The van der Waals surface area contributed by atoms with Gasteiger partial charge in [0, 0.05) is 56.9 Å². The topological polar surface area (TPSA) is 93.8 Å². The van der Waals surface area contributed by atoms with Gasteiger partial charge in [0.2, 0.25) is 11.8 Å². The Labute approximate surface area is 193 Å². The molecule has 2 heterocycles. The van der Waals surface area contributed by atoms with Gasteiger partial charge >= 0.3 is 0 Å². The second-order valence-corrected chi connectivity index (χ2v) is 7.69. The van der Waals surface area contributed by atoms with E-state index in [-0.39, 0.29) is 11.8 Å². The number of anilines is 2. The minimum Gasteiger partial charge on any atom is -0.333 e. The van der Waals surface area contributed by atoms with Crippen LogP contribution < -0.4 is 10.6 Å². The van der Waals surface area contributed by atoms with Crippen molar-refractivity contribution in [2.45, 2.75) is 33.9 Å². The molecule has 0 unspecified atom stereocenters. The van der Waals surface area contributed by atoms with Crippen LogP contribution in [0.25, 0.3) is 0 Å². The van der Waals surface area contributed by atoms with Crippen molar-refractivity contribution in [3.05, 3.63) is 96.6 Å². The van der Waals surface area contributed by atoms with Crippen LogP contribution in [-0.2, 0) is 22.7 Å². The van der Waals surface area contributed by atoms with E-state index in [2.05, 4.69) is 20.6 Å². The van der Waals surface area contributed by atoms with Crippen LogP contribution >= 0.6 is 0 Å². The molecule has 8 heteroatoms. The molecular weight excluding hydrogens is 416 g/mol. The van der Waals surface area contributed by atoms with Gasteiger partial charge < -0.3 is 19.8 Å². The number of nitrogens with zero attached hydrogens (tertiary/aromatic N) is 4. The number of carbonyl (C=O) groups excluding carboxylic acids is 2. The van der Waals surface area contributed by atoms with Crippen LogP contribution in [0.3, 0.4) is 0 Å². The van der Waals surface area contributed by atoms with Crippen LogP contribution in [0, 0.1) is 6.92 Å². The molecule has 2 aromatic carbocycles. The van der Waals surface area contributed by atoms with Gasteiger partial charge in [0.1, 0.15) is 0 Å². The second-order valence-electron chi connectivity index (χ2n) is 7.69. The Morgan fingerprint density at radius 1 is 0.848 bits per heavy atom. The zero-order valence-electron chi connectivity index (χ0n) is 19.0. The summed E-state index contributed by atoms with van der Waals surface area (Å²) in [5, 5.41) is 5.53. The molecule has 33 heavy (non-hydrogen) atoms. The first-order valence-corrected chi connectivity index (χ1v) is 10.5. The van der Waals surface area contributed by atoms with E-state index in [0.717, 1.165) is 41.3 Å². The Morgan fingerprint density at radius 3 is 1.88 bits per heavy atom. The van der Waals surface area contributed by atoms with Crippen molar-refractivity contribution in [1.29, 1.82) is 0 Å². The van der Waals surface area contributed by atoms with Gasteiger partial charge in [-0.3, -0.25) is 9.59 Å². The summed E-state index contributed by atoms with van der Waals surface area (Å²) < 4.78 is 4.00. The fraction of sp³-hybridized carbons (Fsp3) is 0.200. The molecule has 2 aromatic heterocycles. The fourth-order valence-corrected chi connectivity index (χ4v) is 3.26. The lowest BCUT2D eigenvalue weighted by molar-refractivity contribution is -0.115. The number of hydrogen-bond acceptors (Lipinski definition) is 4. The summed E-state index contributed by atoms with van der Waals surface area (Å²) >= 11 is 0. The Hall–Kier alpha value is -4.20. The highest BCUT2D eigenvalue weighted by molar-refractivity contribution is 5.89. The standard InChI is InChI=1S/C13H15N3O.C12H13N3O/c1-10-7-16(9-14-10)8-12-4-3-5-13(6-12)15-11(2)17;1-10(16)14-12-4-2-3-11(7-12)8-15-6-5-13-9-15/h3-7,9H,8H2,1-2H3,(H,15,17);2-7,9H,8H2,1H3,(H,14,16). The number of nitrogens with one attached hydrogen (secondary N) is 2. The molecule has 0 aliphatic carbocycles. The van der Waals surface area contributed by atoms with Crippen molar-refractivity contribution in [3.8, 4) is 0 Å². The molecule has 0 fully saturated rings. The van der Waals surface area contributed by atoms with E-state index in [1.54, 1.807) is 18.9 Å². The lowest BCUT2D eigenvalue weighted by Gasteiger charge is -2.06. The van der Waals surface area contributed by atoms with Crippen molar-refractivity contribution < 1.29 is 9.59 Å². The summed E-state index contributed by atoms with van der Waals surface area (Å²) in [7, 11) is 0. The highest BCUT2D eigenvalue weighted by Gasteiger charge is 2.00. The van der Waals surface area contributed by atoms with Crippen LogP contribution in [0.4, 0.5) is 11.4 Å². The molecule has 0 aliphatic rings. The van der Waals surface area contributed by atoms with Crippen molar-refractivity contribution in [2.24, 2.45) is 0 Å². The van der Waals surface area contributed by atoms with Gasteiger partial charge in [-0.15, -0.1) is 0 Å². The molecule has 2 amide bonds. The third kappa shape index (κ3) is 8.10. The van der Waals surface area contributed by atoms with E-state index in [9.17, 15) is 9.59 Å². The normalized spacial score (nSPS) is 10.2. The largest absolute Gasteiger partial charge is 0.333 e. The average molecular weight is 445 g/mol. The van der Waals surface area contributed by atoms with Gasteiger partial charge in [-0.25, -0.2) is 9.97 Å². The maximum absolute atomic E-state index is 11.0. The number of aromatic nitrogens is 4. The van der Waals surface area contributed by atoms with Gasteiger partial charge in [-0.05, 0) is 42.3 Å². The second kappa shape index (κ2) is 11.4. The minimum atomic E-state index is -0.0558. The Balaban J connectivity index is 0.000000186. The summed E-state index contributed by atoms with van der Waals surface area (Å²) in [4.78, 5) is 30.0. The molecule has 0 atom stereocenters. The highest BCUT2D eigenvalue weighted by Crippen LogP contribution is 2.13. The number of carbonyl (C=O) groups is 2. The molecule has 4 rings (SSSR count). The number of aryl methyl sites for hydroxylation is 1. The predicted molar refractivity (Wildman–Crippen MR) is 129 cm³/mol. The molecule has 2 N–H and O–H groups in total. The van der Waals surface area contributed by atoms with E-state index in [1.807, 2.05) is 77.0 Å². The molecule has 0 bridgehead atoms. The Bertz CT molecular complexity index is 1200. The van der Waals surface area contributed by atoms with Gasteiger partial charge in [0.15, 0.2) is 0 Å². The summed E-state index contributed by atoms with van der Waals surface area (Å²) in [6.07, 6.45) is 9.22. The molecular formula is C25H28N6O2. The Morgan fingerprint density at radius 2 is 1.42 bits per heavy atom. The molecule has 170 valence electrons. The van der Waals surface area contributed by atoms with E-state index < -0.39 is 0 Å². The SMILES string of the molecule is CC(=O)Nc1cccc(Cn2ccnc2)c1.CC(=O)Nc1cccc(Cn2cnc(C)c2)c1. The van der Waals surface area contributed by atoms with Gasteiger partial charge in [-0.2, -0.15) is 0 Å². The lowest BCUT2D eigenvalue weighted by Crippen LogP contribution is -2.06. The average Bonchev–Trinajstić information content (AvgIpc) is 3.40. The quantitative estimate of drug-likeness (QED) is 0.468. The van der Waals surface area contributed by atoms with Crippen LogP contribution in [-0.4, -0.2) is 30.9 Å². The molecule has 0 aliphatic heterocycles. The number of imidazole rings is 2. The minimum absolute atomic E-state index is 0.0550. The summed E-state index contributed by atoms with van der Waals surface area (Å²) in [6.45, 7) is 6.49. The van der Waals surface area contributed by atoms with Crippen molar-refractivity contribution in [3.63, 3.8) is 0 Å². The smallest absolute Gasteiger partial charge is 0.221 e. The summed E-state index contributed by atoms with van der Waals surface area (Å²) in [5.41, 5.74) is 4.91. The first-order chi connectivity index (χ1) is 15.9. The molecule has 0 saturated carbocycles. The summed E-state index contributed by atoms with van der Waals surface area (Å²) in [5.74, 6) is -0.111. The maximum atomic E-state index is 11.0. The van der Waals surface area contributed by atoms with Crippen LogP contribution in [0.1, 0.15) is 30.7 Å². The zero-order valence-corrected chi connectivity index (χ0v) is 19.0. The predicted octanol–water partition coefficient (Wildman–Crippen LogP) is 4.09. The number of amides is 2. The van der Waals surface area contributed by atoms with E-state index in [0.29, 0.717) is 0 Å². The van der Waals surface area contributed by atoms with Crippen LogP contribution in [0.5, 0.6) is 0 Å². The van der Waals surface area contributed by atoms with Gasteiger partial charge in [0.05, 0.1) is 18.3 Å². The summed E-state index contributed by atoms with van der Waals surface area (Å²) in [6, 6.07) is 15.6. The van der Waals surface area contributed by atoms with Gasteiger partial charge in [0.25, 0.3) is 0 Å². The monoisotopic (exact) mass is 444 g/mol. The van der Waals surface area contributed by atoms with Crippen molar-refractivity contribution in [2.75, 3.05) is 10.6 Å². The zero-order chi connectivity index (χ0) is 23.6. The molecule has 0 spiro atoms. The van der Waals surface area contributed by atoms with Crippen molar-refractivity contribution in [1.82, 2.24) is 19.1 Å². The highest BCUT2D eigenvalue weighted by atomic mass is 16.2. The van der Waals surface area contributed by atoms with E-state index in [4.69, 9.17) is 0 Å².